The molecule has 0 bridgehead atoms. The fourth-order valence-electron chi connectivity index (χ4n) is 6.51. The minimum absolute atomic E-state index is 0.0482. The molecule has 2 N–H and O–H groups in total. The molecule has 3 nitrogen and oxygen atoms in total. The molecule has 4 aliphatic rings. The van der Waals surface area contributed by atoms with Gasteiger partial charge in [0.05, 0.1) is 12.2 Å². The molecule has 4 rings (SSSR count). The number of hydrogen-bond donors (Lipinski definition) is 2. The quantitative estimate of drug-likeness (QED) is 0.677. The van der Waals surface area contributed by atoms with Crippen molar-refractivity contribution in [2.75, 3.05) is 0 Å². The highest BCUT2D eigenvalue weighted by atomic mass is 16.3. The molecular weight excluding hydrogens is 276 g/mol. The second-order valence-electron chi connectivity index (χ2n) is 8.67. The minimum atomic E-state index is -0.568. The molecule has 3 heteroatoms. The lowest BCUT2D eigenvalue weighted by Crippen LogP contribution is -2.55. The Morgan fingerprint density at radius 2 is 1.91 bits per heavy atom. The summed E-state index contributed by atoms with van der Waals surface area (Å²) in [5.74, 6) is 0.609. The number of ketones is 1. The number of allylic oxidation sites excluding steroid dienone is 1. The van der Waals surface area contributed by atoms with Gasteiger partial charge >= 0.3 is 0 Å². The molecule has 0 amide bonds. The Morgan fingerprint density at radius 3 is 2.68 bits per heavy atom. The van der Waals surface area contributed by atoms with Crippen molar-refractivity contribution in [1.29, 1.82) is 0 Å². The van der Waals surface area contributed by atoms with Crippen molar-refractivity contribution < 1.29 is 15.0 Å². The van der Waals surface area contributed by atoms with Gasteiger partial charge < -0.3 is 10.2 Å². The molecule has 0 unspecified atom stereocenters. The van der Waals surface area contributed by atoms with Crippen molar-refractivity contribution in [2.45, 2.75) is 71.0 Å². The Labute approximate surface area is 132 Å². The van der Waals surface area contributed by atoms with Crippen LogP contribution in [0.3, 0.4) is 0 Å². The normalized spacial score (nSPS) is 54.3. The van der Waals surface area contributed by atoms with Crippen LogP contribution in [-0.4, -0.2) is 28.2 Å². The zero-order valence-electron chi connectivity index (χ0n) is 13.7. The van der Waals surface area contributed by atoms with Crippen LogP contribution in [0.15, 0.2) is 11.6 Å². The number of aliphatic hydroxyl groups excluding tert-OH is 2. The molecule has 3 fully saturated rings. The van der Waals surface area contributed by atoms with Crippen molar-refractivity contribution >= 4 is 5.78 Å². The van der Waals surface area contributed by atoms with Crippen molar-refractivity contribution in [3.8, 4) is 0 Å². The van der Waals surface area contributed by atoms with Crippen LogP contribution < -0.4 is 0 Å². The van der Waals surface area contributed by atoms with Gasteiger partial charge in [-0.2, -0.15) is 0 Å². The van der Waals surface area contributed by atoms with E-state index >= 15 is 0 Å². The fraction of sp³-hybridized carbons (Fsp3) is 0.842. The van der Waals surface area contributed by atoms with E-state index in [9.17, 15) is 15.0 Å². The highest BCUT2D eigenvalue weighted by Crippen LogP contribution is 2.63. The van der Waals surface area contributed by atoms with Gasteiger partial charge in [0, 0.05) is 17.8 Å². The molecule has 122 valence electrons. The van der Waals surface area contributed by atoms with Crippen LogP contribution in [0.25, 0.3) is 0 Å². The van der Waals surface area contributed by atoms with E-state index in [-0.39, 0.29) is 29.5 Å². The summed E-state index contributed by atoms with van der Waals surface area (Å²) in [5, 5.41) is 21.4. The number of carbonyl (C=O) groups is 1. The van der Waals surface area contributed by atoms with Crippen LogP contribution in [0.5, 0.6) is 0 Å². The highest BCUT2D eigenvalue weighted by molar-refractivity contribution is 5.88. The Hall–Kier alpha value is -0.670. The van der Waals surface area contributed by atoms with Crippen LogP contribution in [0, 0.1) is 28.6 Å². The summed E-state index contributed by atoms with van der Waals surface area (Å²) < 4.78 is 0. The first-order valence-electron chi connectivity index (χ1n) is 8.98. The lowest BCUT2D eigenvalue weighted by Gasteiger charge is -2.57. The van der Waals surface area contributed by atoms with Crippen LogP contribution in [0.4, 0.5) is 0 Å². The Morgan fingerprint density at radius 1 is 1.14 bits per heavy atom. The van der Waals surface area contributed by atoms with Crippen molar-refractivity contribution in [3.05, 3.63) is 11.6 Å². The lowest BCUT2D eigenvalue weighted by atomic mass is 9.47. The molecule has 3 saturated carbocycles. The van der Waals surface area contributed by atoms with Gasteiger partial charge in [0.1, 0.15) is 5.78 Å². The summed E-state index contributed by atoms with van der Waals surface area (Å²) in [6, 6.07) is 0. The molecule has 0 saturated heterocycles. The second kappa shape index (κ2) is 4.67. The number of Topliss-reactive ketones (excluding diaryl/α,β-unsaturated/α-hetero) is 1. The van der Waals surface area contributed by atoms with Crippen LogP contribution in [0.1, 0.15) is 58.8 Å². The summed E-state index contributed by atoms with van der Waals surface area (Å²) in [6.45, 7) is 4.40. The molecule has 0 aromatic carbocycles. The monoisotopic (exact) mass is 304 g/mol. The predicted molar refractivity (Wildman–Crippen MR) is 84.1 cm³/mol. The maximum Gasteiger partial charge on any atom is 0.141 e. The average Bonchev–Trinajstić information content (AvgIpc) is 2.70. The van der Waals surface area contributed by atoms with Crippen LogP contribution in [-0.2, 0) is 4.79 Å². The maximum absolute atomic E-state index is 12.4. The molecule has 7 atom stereocenters. The smallest absolute Gasteiger partial charge is 0.141 e. The van der Waals surface area contributed by atoms with E-state index in [1.807, 2.05) is 6.92 Å². The van der Waals surface area contributed by atoms with Crippen LogP contribution >= 0.6 is 0 Å². The molecule has 4 aliphatic carbocycles. The Balaban J connectivity index is 1.79. The second-order valence-corrected chi connectivity index (χ2v) is 8.67. The zero-order valence-corrected chi connectivity index (χ0v) is 13.7. The van der Waals surface area contributed by atoms with Gasteiger partial charge in [0.2, 0.25) is 0 Å². The van der Waals surface area contributed by atoms with Gasteiger partial charge in [-0.1, -0.05) is 31.9 Å². The number of aliphatic hydroxyl groups is 2. The molecule has 0 aliphatic heterocycles. The number of carbonyl (C=O) groups excluding carboxylic acids is 1. The molecule has 0 aromatic rings. The SMILES string of the molecule is C[C@]12CCCCC1=C[C@@H](O)[C@H]1[C@@H]3[C@@H](O)CC(=O)[C@@]3(C)CC[C@@H]12. The Bertz CT molecular complexity index is 539. The largest absolute Gasteiger partial charge is 0.392 e. The molecule has 0 radical (unpaired) electrons. The number of fused-ring (bicyclic) bond motifs is 5. The standard InChI is InChI=1S/C19H28O3/c1-18-7-4-3-5-11(18)9-13(20)16-12(18)6-8-19(2)15(22)10-14(21)17(16)19/h9,12-14,16-17,20-21H,3-8,10H2,1-2H3/t12-,13+,14-,16-,17-,18-,19+/m0/s1. The summed E-state index contributed by atoms with van der Waals surface area (Å²) >= 11 is 0. The Kier molecular flexibility index (Phi) is 3.16. The third-order valence-electron chi connectivity index (χ3n) is 7.75. The lowest BCUT2D eigenvalue weighted by molar-refractivity contribution is -0.138. The van der Waals surface area contributed by atoms with Crippen LogP contribution in [0.2, 0.25) is 0 Å². The van der Waals surface area contributed by atoms with E-state index < -0.39 is 17.6 Å². The van der Waals surface area contributed by atoms with Gasteiger partial charge in [0.25, 0.3) is 0 Å². The zero-order chi connectivity index (χ0) is 15.7. The first-order chi connectivity index (χ1) is 10.4. The first-order valence-corrected chi connectivity index (χ1v) is 8.98. The van der Waals surface area contributed by atoms with E-state index in [4.69, 9.17) is 0 Å². The maximum atomic E-state index is 12.4. The van der Waals surface area contributed by atoms with E-state index in [2.05, 4.69) is 13.0 Å². The number of rotatable bonds is 0. The van der Waals surface area contributed by atoms with E-state index in [0.29, 0.717) is 5.92 Å². The third-order valence-corrected chi connectivity index (χ3v) is 7.75. The van der Waals surface area contributed by atoms with Crippen molar-refractivity contribution in [2.24, 2.45) is 28.6 Å². The van der Waals surface area contributed by atoms with E-state index in [1.54, 1.807) is 0 Å². The summed E-state index contributed by atoms with van der Waals surface area (Å²) in [5.41, 5.74) is 1.20. The molecule has 0 spiro atoms. The molecule has 22 heavy (non-hydrogen) atoms. The predicted octanol–water partition coefficient (Wildman–Crippen LogP) is 2.85. The van der Waals surface area contributed by atoms with Crippen molar-refractivity contribution in [1.82, 2.24) is 0 Å². The third kappa shape index (κ3) is 1.73. The van der Waals surface area contributed by atoms with Gasteiger partial charge in [-0.05, 0) is 49.4 Å². The van der Waals surface area contributed by atoms with Gasteiger partial charge in [0.15, 0.2) is 0 Å². The molecule has 0 aromatic heterocycles. The summed E-state index contributed by atoms with van der Waals surface area (Å²) in [7, 11) is 0. The number of hydrogen-bond acceptors (Lipinski definition) is 3. The van der Waals surface area contributed by atoms with Crippen molar-refractivity contribution in [3.63, 3.8) is 0 Å². The summed E-state index contributed by atoms with van der Waals surface area (Å²) in [4.78, 5) is 12.4. The fourth-order valence-corrected chi connectivity index (χ4v) is 6.51. The van der Waals surface area contributed by atoms with Gasteiger partial charge in [-0.25, -0.2) is 0 Å². The van der Waals surface area contributed by atoms with Gasteiger partial charge in [-0.15, -0.1) is 0 Å². The molecule has 0 heterocycles. The average molecular weight is 304 g/mol. The van der Waals surface area contributed by atoms with E-state index in [0.717, 1.165) is 19.3 Å². The topological polar surface area (TPSA) is 57.5 Å². The minimum Gasteiger partial charge on any atom is -0.392 e. The molecular formula is C19H28O3. The summed E-state index contributed by atoms with van der Waals surface area (Å²) in [6.07, 6.45) is 8.00. The van der Waals surface area contributed by atoms with E-state index in [1.165, 1.54) is 24.8 Å². The van der Waals surface area contributed by atoms with Gasteiger partial charge in [-0.3, -0.25) is 4.79 Å². The first kappa shape index (κ1) is 14.9. The highest BCUT2D eigenvalue weighted by Gasteiger charge is 2.63.